The van der Waals surface area contributed by atoms with E-state index in [1.807, 2.05) is 0 Å². The Kier molecular flexibility index (Phi) is 6.54. The molecule has 1 N–H and O–H groups in total. The van der Waals surface area contributed by atoms with Gasteiger partial charge in [0.25, 0.3) is 5.91 Å². The van der Waals surface area contributed by atoms with Gasteiger partial charge in [0.15, 0.2) is 0 Å². The van der Waals surface area contributed by atoms with Crippen LogP contribution in [0.15, 0.2) is 42.5 Å². The van der Waals surface area contributed by atoms with E-state index in [4.69, 9.17) is 23.2 Å². The second-order valence-electron chi connectivity index (χ2n) is 6.74. The van der Waals surface area contributed by atoms with E-state index in [-0.39, 0.29) is 5.91 Å². The molecule has 1 amide bonds. The molecule has 0 atom stereocenters. The Hall–Kier alpha value is -1.59. The molecule has 1 heterocycles. The van der Waals surface area contributed by atoms with Crippen molar-refractivity contribution in [2.24, 2.45) is 0 Å². The van der Waals surface area contributed by atoms with Crippen molar-refractivity contribution in [1.29, 1.82) is 0 Å². The highest BCUT2D eigenvalue weighted by molar-refractivity contribution is 6.35. The number of piperazine rings is 1. The Morgan fingerprint density at radius 3 is 2.15 bits per heavy atom. The van der Waals surface area contributed by atoms with E-state index in [9.17, 15) is 4.79 Å². The first kappa shape index (κ1) is 19.2. The number of halogens is 2. The Morgan fingerprint density at radius 1 is 0.962 bits per heavy atom. The second-order valence-corrected chi connectivity index (χ2v) is 7.61. The van der Waals surface area contributed by atoms with Gasteiger partial charge in [-0.25, -0.2) is 0 Å². The number of nitrogens with zero attached hydrogens (tertiary/aromatic N) is 2. The SMILES string of the molecule is CN1CCN(Cc2ccc(CNC(=O)c3cc(Cl)cc(Cl)c3)cc2)CC1. The first-order valence-corrected chi connectivity index (χ1v) is 9.48. The highest BCUT2D eigenvalue weighted by Gasteiger charge is 2.13. The Morgan fingerprint density at radius 2 is 1.54 bits per heavy atom. The number of amides is 1. The van der Waals surface area contributed by atoms with Crippen molar-refractivity contribution in [2.45, 2.75) is 13.1 Å². The van der Waals surface area contributed by atoms with Gasteiger partial charge in [-0.1, -0.05) is 47.5 Å². The minimum Gasteiger partial charge on any atom is -0.348 e. The normalized spacial score (nSPS) is 15.8. The third kappa shape index (κ3) is 5.45. The van der Waals surface area contributed by atoms with E-state index in [2.05, 4.69) is 46.4 Å². The van der Waals surface area contributed by atoms with Crippen LogP contribution in [0.3, 0.4) is 0 Å². The summed E-state index contributed by atoms with van der Waals surface area (Å²) < 4.78 is 0. The fourth-order valence-electron chi connectivity index (χ4n) is 3.00. The van der Waals surface area contributed by atoms with E-state index < -0.39 is 0 Å². The number of hydrogen-bond acceptors (Lipinski definition) is 3. The molecule has 0 aromatic heterocycles. The molecule has 1 aliphatic heterocycles. The summed E-state index contributed by atoms with van der Waals surface area (Å²) in [6, 6.07) is 13.2. The number of carbonyl (C=O) groups excluding carboxylic acids is 1. The summed E-state index contributed by atoms with van der Waals surface area (Å²) in [7, 11) is 2.16. The van der Waals surface area contributed by atoms with E-state index >= 15 is 0 Å². The summed E-state index contributed by atoms with van der Waals surface area (Å²) in [6.07, 6.45) is 0. The molecule has 26 heavy (non-hydrogen) atoms. The van der Waals surface area contributed by atoms with Gasteiger partial charge < -0.3 is 10.2 Å². The van der Waals surface area contributed by atoms with Crippen LogP contribution in [0.4, 0.5) is 0 Å². The van der Waals surface area contributed by atoms with Crippen LogP contribution in [0.1, 0.15) is 21.5 Å². The van der Waals surface area contributed by atoms with Gasteiger partial charge in [-0.2, -0.15) is 0 Å². The van der Waals surface area contributed by atoms with Gasteiger partial charge >= 0.3 is 0 Å². The van der Waals surface area contributed by atoms with Crippen molar-refractivity contribution < 1.29 is 4.79 Å². The Balaban J connectivity index is 1.51. The minimum atomic E-state index is -0.184. The summed E-state index contributed by atoms with van der Waals surface area (Å²) in [5.41, 5.74) is 2.83. The monoisotopic (exact) mass is 391 g/mol. The highest BCUT2D eigenvalue weighted by atomic mass is 35.5. The number of nitrogens with one attached hydrogen (secondary N) is 1. The van der Waals surface area contributed by atoms with E-state index in [0.717, 1.165) is 38.3 Å². The predicted molar refractivity (Wildman–Crippen MR) is 107 cm³/mol. The molecule has 0 aliphatic carbocycles. The van der Waals surface area contributed by atoms with Crippen molar-refractivity contribution in [3.05, 3.63) is 69.2 Å². The van der Waals surface area contributed by atoms with E-state index in [1.165, 1.54) is 5.56 Å². The number of likely N-dealkylation sites (N-methyl/N-ethyl adjacent to an activating group) is 1. The fraction of sp³-hybridized carbons (Fsp3) is 0.350. The van der Waals surface area contributed by atoms with Crippen LogP contribution in [0.5, 0.6) is 0 Å². The molecule has 6 heteroatoms. The minimum absolute atomic E-state index is 0.184. The first-order chi connectivity index (χ1) is 12.5. The second kappa shape index (κ2) is 8.87. The van der Waals surface area contributed by atoms with Crippen molar-refractivity contribution in [1.82, 2.24) is 15.1 Å². The maximum atomic E-state index is 12.2. The lowest BCUT2D eigenvalue weighted by Gasteiger charge is -2.32. The molecule has 3 rings (SSSR count). The van der Waals surface area contributed by atoms with Crippen LogP contribution in [-0.4, -0.2) is 48.9 Å². The quantitative estimate of drug-likeness (QED) is 0.844. The van der Waals surface area contributed by atoms with Gasteiger partial charge in [-0.3, -0.25) is 9.69 Å². The molecular formula is C20H23Cl2N3O. The van der Waals surface area contributed by atoms with Crippen molar-refractivity contribution >= 4 is 29.1 Å². The average molecular weight is 392 g/mol. The average Bonchev–Trinajstić information content (AvgIpc) is 2.62. The first-order valence-electron chi connectivity index (χ1n) is 8.72. The third-order valence-electron chi connectivity index (χ3n) is 4.60. The molecule has 4 nitrogen and oxygen atoms in total. The molecular weight excluding hydrogens is 369 g/mol. The number of carbonyl (C=O) groups is 1. The number of rotatable bonds is 5. The van der Waals surface area contributed by atoms with Crippen molar-refractivity contribution in [2.75, 3.05) is 33.2 Å². The third-order valence-corrected chi connectivity index (χ3v) is 5.04. The molecule has 1 fully saturated rings. The van der Waals surface area contributed by atoms with Crippen LogP contribution in [-0.2, 0) is 13.1 Å². The van der Waals surface area contributed by atoms with Gasteiger partial charge in [-0.15, -0.1) is 0 Å². The van der Waals surface area contributed by atoms with E-state index in [0.29, 0.717) is 22.2 Å². The topological polar surface area (TPSA) is 35.6 Å². The standard InChI is InChI=1S/C20H23Cl2N3O/c1-24-6-8-25(9-7-24)14-16-4-2-15(3-5-16)13-23-20(26)17-10-18(21)12-19(22)11-17/h2-5,10-12H,6-9,13-14H2,1H3,(H,23,26). The maximum Gasteiger partial charge on any atom is 0.251 e. The van der Waals surface area contributed by atoms with Gasteiger partial charge in [0.2, 0.25) is 0 Å². The zero-order chi connectivity index (χ0) is 18.5. The Bertz CT molecular complexity index is 736. The van der Waals surface area contributed by atoms with Crippen LogP contribution >= 0.6 is 23.2 Å². The molecule has 2 aromatic carbocycles. The lowest BCUT2D eigenvalue weighted by atomic mass is 10.1. The molecule has 0 bridgehead atoms. The summed E-state index contributed by atoms with van der Waals surface area (Å²) >= 11 is 11.9. The number of benzene rings is 2. The summed E-state index contributed by atoms with van der Waals surface area (Å²) in [6.45, 7) is 5.90. The molecule has 1 saturated heterocycles. The lowest BCUT2D eigenvalue weighted by molar-refractivity contribution is 0.0951. The summed E-state index contributed by atoms with van der Waals surface area (Å²) in [5.74, 6) is -0.184. The maximum absolute atomic E-state index is 12.2. The van der Waals surface area contributed by atoms with Crippen LogP contribution in [0, 0.1) is 0 Å². The molecule has 1 aliphatic rings. The van der Waals surface area contributed by atoms with Gasteiger partial charge in [-0.05, 0) is 36.4 Å². The zero-order valence-electron chi connectivity index (χ0n) is 14.8. The summed E-state index contributed by atoms with van der Waals surface area (Å²) in [5, 5.41) is 3.81. The summed E-state index contributed by atoms with van der Waals surface area (Å²) in [4.78, 5) is 17.1. The highest BCUT2D eigenvalue weighted by Crippen LogP contribution is 2.19. The molecule has 138 valence electrons. The molecule has 0 spiro atoms. The fourth-order valence-corrected chi connectivity index (χ4v) is 3.52. The Labute approximate surface area is 164 Å². The van der Waals surface area contributed by atoms with Crippen molar-refractivity contribution in [3.8, 4) is 0 Å². The number of hydrogen-bond donors (Lipinski definition) is 1. The van der Waals surface area contributed by atoms with Gasteiger partial charge in [0.1, 0.15) is 0 Å². The van der Waals surface area contributed by atoms with Crippen LogP contribution in [0.2, 0.25) is 10.0 Å². The van der Waals surface area contributed by atoms with Gasteiger partial charge in [0.05, 0.1) is 0 Å². The molecule has 0 radical (unpaired) electrons. The lowest BCUT2D eigenvalue weighted by Crippen LogP contribution is -2.43. The largest absolute Gasteiger partial charge is 0.348 e. The molecule has 2 aromatic rings. The zero-order valence-corrected chi connectivity index (χ0v) is 16.4. The predicted octanol–water partition coefficient (Wildman–Crippen LogP) is 3.67. The van der Waals surface area contributed by atoms with Gasteiger partial charge in [0, 0.05) is 54.9 Å². The molecule has 0 saturated carbocycles. The van der Waals surface area contributed by atoms with E-state index in [1.54, 1.807) is 18.2 Å². The molecule has 0 unspecified atom stereocenters. The van der Waals surface area contributed by atoms with Crippen LogP contribution < -0.4 is 5.32 Å². The van der Waals surface area contributed by atoms with Crippen molar-refractivity contribution in [3.63, 3.8) is 0 Å². The van der Waals surface area contributed by atoms with Crippen LogP contribution in [0.25, 0.3) is 0 Å². The smallest absolute Gasteiger partial charge is 0.251 e.